The van der Waals surface area contributed by atoms with E-state index < -0.39 is 15.8 Å². The van der Waals surface area contributed by atoms with Gasteiger partial charge in [-0.1, -0.05) is 35.3 Å². The van der Waals surface area contributed by atoms with Crippen LogP contribution in [0.2, 0.25) is 10.0 Å². The largest absolute Gasteiger partial charge is 0.323 e. The Labute approximate surface area is 230 Å². The molecule has 6 nitrogen and oxygen atoms in total. The van der Waals surface area contributed by atoms with E-state index in [2.05, 4.69) is 10.3 Å². The van der Waals surface area contributed by atoms with Gasteiger partial charge in [0.15, 0.2) is 0 Å². The molecule has 10 heteroatoms. The van der Waals surface area contributed by atoms with Crippen LogP contribution < -0.4 is 5.32 Å². The second-order valence-electron chi connectivity index (χ2n) is 8.30. The van der Waals surface area contributed by atoms with Gasteiger partial charge in [0.1, 0.15) is 5.82 Å². The summed E-state index contributed by atoms with van der Waals surface area (Å²) in [4.78, 5) is 16.2. The summed E-state index contributed by atoms with van der Waals surface area (Å²) in [5.74, 6) is -0.786. The lowest BCUT2D eigenvalue weighted by Crippen LogP contribution is -2.30. The van der Waals surface area contributed by atoms with E-state index >= 15 is 0 Å². The molecular formula is C28H22Cl2FN3O3S. The van der Waals surface area contributed by atoms with E-state index in [4.69, 9.17) is 23.2 Å². The van der Waals surface area contributed by atoms with Crippen molar-refractivity contribution in [3.05, 3.63) is 130 Å². The fourth-order valence-corrected chi connectivity index (χ4v) is 5.60. The van der Waals surface area contributed by atoms with Crippen LogP contribution in [-0.2, 0) is 27.9 Å². The lowest BCUT2D eigenvalue weighted by atomic mass is 10.2. The van der Waals surface area contributed by atoms with Crippen molar-refractivity contribution in [3.63, 3.8) is 0 Å². The molecule has 0 aliphatic rings. The highest BCUT2D eigenvalue weighted by molar-refractivity contribution is 7.89. The van der Waals surface area contributed by atoms with Crippen LogP contribution in [0.5, 0.6) is 0 Å². The minimum atomic E-state index is -4.00. The van der Waals surface area contributed by atoms with Gasteiger partial charge in [-0.05, 0) is 89.5 Å². The summed E-state index contributed by atoms with van der Waals surface area (Å²) < 4.78 is 42.0. The van der Waals surface area contributed by atoms with Crippen molar-refractivity contribution in [3.8, 4) is 0 Å². The molecule has 0 saturated heterocycles. The maximum Gasteiger partial charge on any atom is 0.248 e. The number of halogens is 3. The Bertz CT molecular complexity index is 1530. The number of benzene rings is 3. The van der Waals surface area contributed by atoms with E-state index in [0.717, 1.165) is 5.56 Å². The molecule has 194 valence electrons. The number of pyridine rings is 1. The van der Waals surface area contributed by atoms with Gasteiger partial charge in [0, 0.05) is 47.3 Å². The van der Waals surface area contributed by atoms with Crippen molar-refractivity contribution in [1.29, 1.82) is 0 Å². The fourth-order valence-electron chi connectivity index (χ4n) is 3.61. The summed E-state index contributed by atoms with van der Waals surface area (Å²) in [5.41, 5.74) is 2.45. The van der Waals surface area contributed by atoms with Gasteiger partial charge in [0.2, 0.25) is 15.9 Å². The Balaban J connectivity index is 1.55. The summed E-state index contributed by atoms with van der Waals surface area (Å²) in [6.45, 7) is -0.0245. The Hall–Kier alpha value is -3.56. The zero-order chi connectivity index (χ0) is 27.1. The number of nitrogens with zero attached hydrogens (tertiary/aromatic N) is 2. The topological polar surface area (TPSA) is 79.4 Å². The van der Waals surface area contributed by atoms with Gasteiger partial charge >= 0.3 is 0 Å². The molecule has 38 heavy (non-hydrogen) atoms. The number of amides is 1. The van der Waals surface area contributed by atoms with Crippen LogP contribution in [0.4, 0.5) is 10.1 Å². The monoisotopic (exact) mass is 569 g/mol. The van der Waals surface area contributed by atoms with Gasteiger partial charge in [0.05, 0.1) is 4.90 Å². The summed E-state index contributed by atoms with van der Waals surface area (Å²) >= 11 is 12.2. The van der Waals surface area contributed by atoms with Crippen molar-refractivity contribution in [2.45, 2.75) is 18.0 Å². The molecule has 1 aromatic heterocycles. The molecule has 4 rings (SSSR count). The first kappa shape index (κ1) is 27.5. The van der Waals surface area contributed by atoms with E-state index in [1.807, 2.05) is 0 Å². The molecule has 3 aromatic carbocycles. The number of anilines is 1. The number of carbonyl (C=O) groups is 1. The SMILES string of the molecule is O=C(/C=C/c1ccncc1)Nc1ccc(S(=O)(=O)N(Cc2ccc(F)cc2)Cc2cc(Cl)cc(Cl)c2)cc1. The Morgan fingerprint density at radius 3 is 2.11 bits per heavy atom. The van der Waals surface area contributed by atoms with Gasteiger partial charge in [0.25, 0.3) is 0 Å². The molecule has 4 aromatic rings. The number of aromatic nitrogens is 1. The third-order valence-corrected chi connectivity index (χ3v) is 7.69. The molecule has 0 spiro atoms. The molecule has 0 fully saturated rings. The number of carbonyl (C=O) groups excluding carboxylic acids is 1. The molecule has 0 aliphatic heterocycles. The van der Waals surface area contributed by atoms with Gasteiger partial charge in [-0.3, -0.25) is 9.78 Å². The van der Waals surface area contributed by atoms with Crippen molar-refractivity contribution in [1.82, 2.24) is 9.29 Å². The lowest BCUT2D eigenvalue weighted by Gasteiger charge is -2.23. The van der Waals surface area contributed by atoms with E-state index in [9.17, 15) is 17.6 Å². The molecule has 1 amide bonds. The molecule has 0 saturated carbocycles. The van der Waals surface area contributed by atoms with Crippen LogP contribution in [0.25, 0.3) is 6.08 Å². The standard InChI is InChI=1S/C28H22Cl2FN3O3S/c29-23-15-22(16-24(30)17-23)19-34(18-21-1-4-25(31)5-2-21)38(36,37)27-8-6-26(7-9-27)33-28(35)10-3-20-11-13-32-14-12-20/h1-17H,18-19H2,(H,33,35)/b10-3+. The summed E-state index contributed by atoms with van der Waals surface area (Å²) in [7, 11) is -4.00. The average molecular weight is 570 g/mol. The molecule has 0 radical (unpaired) electrons. The Morgan fingerprint density at radius 2 is 1.47 bits per heavy atom. The number of hydrogen-bond donors (Lipinski definition) is 1. The van der Waals surface area contributed by atoms with Gasteiger partial charge in [-0.15, -0.1) is 0 Å². The van der Waals surface area contributed by atoms with Crippen molar-refractivity contribution < 1.29 is 17.6 Å². The fraction of sp³-hybridized carbons (Fsp3) is 0.0714. The predicted molar refractivity (Wildman–Crippen MR) is 148 cm³/mol. The highest BCUT2D eigenvalue weighted by Gasteiger charge is 2.25. The van der Waals surface area contributed by atoms with Gasteiger partial charge in [-0.2, -0.15) is 4.31 Å². The average Bonchev–Trinajstić information content (AvgIpc) is 2.89. The maximum absolute atomic E-state index is 13.7. The molecule has 0 bridgehead atoms. The summed E-state index contributed by atoms with van der Waals surface area (Å²) in [6.07, 6.45) is 6.26. The number of rotatable bonds is 9. The number of hydrogen-bond acceptors (Lipinski definition) is 4. The number of nitrogens with one attached hydrogen (secondary N) is 1. The van der Waals surface area contributed by atoms with Gasteiger partial charge in [-0.25, -0.2) is 12.8 Å². The smallest absolute Gasteiger partial charge is 0.248 e. The first-order chi connectivity index (χ1) is 18.2. The lowest BCUT2D eigenvalue weighted by molar-refractivity contribution is -0.111. The quantitative estimate of drug-likeness (QED) is 0.231. The van der Waals surface area contributed by atoms with Crippen LogP contribution in [0.1, 0.15) is 16.7 Å². The second kappa shape index (κ2) is 12.3. The highest BCUT2D eigenvalue weighted by atomic mass is 35.5. The van der Waals surface area contributed by atoms with Crippen LogP contribution in [0, 0.1) is 5.82 Å². The van der Waals surface area contributed by atoms with Crippen molar-refractivity contribution in [2.75, 3.05) is 5.32 Å². The Kier molecular flexibility index (Phi) is 8.91. The van der Waals surface area contributed by atoms with E-state index in [1.54, 1.807) is 48.8 Å². The zero-order valence-electron chi connectivity index (χ0n) is 19.9. The molecular weight excluding hydrogens is 548 g/mol. The third kappa shape index (κ3) is 7.49. The van der Waals surface area contributed by atoms with Crippen LogP contribution in [0.3, 0.4) is 0 Å². The van der Waals surface area contributed by atoms with Crippen molar-refractivity contribution >= 4 is 50.9 Å². The molecule has 1 heterocycles. The van der Waals surface area contributed by atoms with Crippen LogP contribution >= 0.6 is 23.2 Å². The van der Waals surface area contributed by atoms with E-state index in [-0.39, 0.29) is 23.9 Å². The highest BCUT2D eigenvalue weighted by Crippen LogP contribution is 2.26. The summed E-state index contributed by atoms with van der Waals surface area (Å²) in [6, 6.07) is 19.8. The molecule has 0 atom stereocenters. The van der Waals surface area contributed by atoms with E-state index in [1.165, 1.54) is 58.9 Å². The van der Waals surface area contributed by atoms with E-state index in [0.29, 0.717) is 26.9 Å². The second-order valence-corrected chi connectivity index (χ2v) is 11.1. The first-order valence-electron chi connectivity index (χ1n) is 11.4. The molecule has 0 unspecified atom stereocenters. The predicted octanol–water partition coefficient (Wildman–Crippen LogP) is 6.57. The van der Waals surface area contributed by atoms with Crippen molar-refractivity contribution in [2.24, 2.45) is 0 Å². The third-order valence-electron chi connectivity index (χ3n) is 5.45. The molecule has 0 aliphatic carbocycles. The minimum Gasteiger partial charge on any atom is -0.323 e. The first-order valence-corrected chi connectivity index (χ1v) is 13.6. The summed E-state index contributed by atoms with van der Waals surface area (Å²) in [5, 5.41) is 3.46. The zero-order valence-corrected chi connectivity index (χ0v) is 22.2. The van der Waals surface area contributed by atoms with Crippen LogP contribution in [-0.4, -0.2) is 23.6 Å². The normalized spacial score (nSPS) is 11.7. The maximum atomic E-state index is 13.7. The van der Waals surface area contributed by atoms with Crippen LogP contribution in [0.15, 0.2) is 102 Å². The molecule has 1 N–H and O–H groups in total. The minimum absolute atomic E-state index is 0.00890. The number of sulfonamides is 1. The Morgan fingerprint density at radius 1 is 0.868 bits per heavy atom. The van der Waals surface area contributed by atoms with Gasteiger partial charge < -0.3 is 5.32 Å².